The summed E-state index contributed by atoms with van der Waals surface area (Å²) < 4.78 is 38.1. The van der Waals surface area contributed by atoms with E-state index in [1.54, 1.807) is 18.2 Å². The number of benzene rings is 2. The lowest BCUT2D eigenvalue weighted by molar-refractivity contribution is -0.137. The van der Waals surface area contributed by atoms with Crippen molar-refractivity contribution in [3.63, 3.8) is 0 Å². The van der Waals surface area contributed by atoms with Crippen molar-refractivity contribution < 1.29 is 13.2 Å². The van der Waals surface area contributed by atoms with Crippen LogP contribution in [0.2, 0.25) is 5.02 Å². The van der Waals surface area contributed by atoms with Crippen molar-refractivity contribution in [2.75, 3.05) is 0 Å². The van der Waals surface area contributed by atoms with E-state index in [0.29, 0.717) is 21.5 Å². The van der Waals surface area contributed by atoms with Crippen LogP contribution >= 0.6 is 27.5 Å². The number of rotatable bonds is 2. The first-order chi connectivity index (χ1) is 8.93. The van der Waals surface area contributed by atoms with Gasteiger partial charge in [0.05, 0.1) is 10.6 Å². The monoisotopic (exact) mass is 348 g/mol. The lowest BCUT2D eigenvalue weighted by Gasteiger charge is -2.11. The van der Waals surface area contributed by atoms with E-state index < -0.39 is 11.7 Å². The molecule has 0 N–H and O–H groups in total. The van der Waals surface area contributed by atoms with Gasteiger partial charge in [-0.25, -0.2) is 0 Å². The molecule has 0 bridgehead atoms. The fourth-order valence-corrected chi connectivity index (χ4v) is 2.70. The van der Waals surface area contributed by atoms with E-state index in [1.807, 2.05) is 6.07 Å². The molecule has 0 nitrogen and oxygen atoms in total. The summed E-state index contributed by atoms with van der Waals surface area (Å²) in [6.07, 6.45) is -4.35. The third kappa shape index (κ3) is 3.12. The number of alkyl halides is 4. The molecule has 2 rings (SSSR count). The molecule has 2 aromatic carbocycles. The summed E-state index contributed by atoms with van der Waals surface area (Å²) in [5.41, 5.74) is 1.23. The van der Waals surface area contributed by atoms with E-state index in [2.05, 4.69) is 15.9 Å². The van der Waals surface area contributed by atoms with Gasteiger partial charge in [-0.2, -0.15) is 13.2 Å². The van der Waals surface area contributed by atoms with Gasteiger partial charge in [0.15, 0.2) is 0 Å². The molecule has 0 unspecified atom stereocenters. The molecule has 0 heterocycles. The Hall–Kier alpha value is -1.000. The zero-order chi connectivity index (χ0) is 14.0. The van der Waals surface area contributed by atoms with Crippen LogP contribution in [0.25, 0.3) is 11.1 Å². The van der Waals surface area contributed by atoms with Gasteiger partial charge in [0.25, 0.3) is 0 Å². The highest BCUT2D eigenvalue weighted by atomic mass is 79.9. The largest absolute Gasteiger partial charge is 0.416 e. The molecule has 0 radical (unpaired) electrons. The Kier molecular flexibility index (Phi) is 4.21. The van der Waals surface area contributed by atoms with Gasteiger partial charge in [0, 0.05) is 10.9 Å². The predicted molar refractivity (Wildman–Crippen MR) is 74.5 cm³/mol. The molecule has 0 aliphatic rings. The summed E-state index contributed by atoms with van der Waals surface area (Å²) in [6.45, 7) is 0. The van der Waals surface area contributed by atoms with Gasteiger partial charge in [-0.05, 0) is 23.3 Å². The van der Waals surface area contributed by atoms with Crippen LogP contribution in [0.15, 0.2) is 42.5 Å². The van der Waals surface area contributed by atoms with Crippen LogP contribution in [0.5, 0.6) is 0 Å². The molecule has 2 aromatic rings. The molecule has 19 heavy (non-hydrogen) atoms. The second-order valence-electron chi connectivity index (χ2n) is 3.99. The number of hydrogen-bond acceptors (Lipinski definition) is 0. The first-order valence-electron chi connectivity index (χ1n) is 5.44. The van der Waals surface area contributed by atoms with Crippen LogP contribution in [0.4, 0.5) is 13.2 Å². The van der Waals surface area contributed by atoms with Crippen LogP contribution < -0.4 is 0 Å². The quantitative estimate of drug-likeness (QED) is 0.590. The van der Waals surface area contributed by atoms with Gasteiger partial charge in [-0.3, -0.25) is 0 Å². The Morgan fingerprint density at radius 1 is 1.05 bits per heavy atom. The summed E-state index contributed by atoms with van der Waals surface area (Å²) in [5, 5.41) is 1.03. The standard InChI is InChI=1S/C14H9BrClF3/c15-8-10-4-2-6-12(13(10)16)9-3-1-5-11(7-9)14(17,18)19/h1-7H,8H2. The molecule has 0 spiro atoms. The fourth-order valence-electron chi connectivity index (χ4n) is 1.77. The Bertz CT molecular complexity index is 593. The molecule has 0 saturated heterocycles. The molecule has 0 amide bonds. The van der Waals surface area contributed by atoms with Gasteiger partial charge in [-0.1, -0.05) is 57.9 Å². The molecular weight excluding hydrogens is 341 g/mol. The lowest BCUT2D eigenvalue weighted by atomic mass is 10.0. The van der Waals surface area contributed by atoms with Gasteiger partial charge >= 0.3 is 6.18 Å². The summed E-state index contributed by atoms with van der Waals surface area (Å²) >= 11 is 9.50. The Balaban J connectivity index is 2.54. The zero-order valence-corrected chi connectivity index (χ0v) is 12.0. The summed E-state index contributed by atoms with van der Waals surface area (Å²) in [7, 11) is 0. The maximum absolute atomic E-state index is 12.7. The minimum atomic E-state index is -4.35. The topological polar surface area (TPSA) is 0 Å². The maximum Gasteiger partial charge on any atom is 0.416 e. The van der Waals surface area contributed by atoms with Crippen molar-refractivity contribution >= 4 is 27.5 Å². The van der Waals surface area contributed by atoms with Crippen LogP contribution in [0.1, 0.15) is 11.1 Å². The average molecular weight is 350 g/mol. The molecule has 5 heteroatoms. The van der Waals surface area contributed by atoms with Crippen molar-refractivity contribution in [1.82, 2.24) is 0 Å². The van der Waals surface area contributed by atoms with E-state index >= 15 is 0 Å². The maximum atomic E-state index is 12.7. The van der Waals surface area contributed by atoms with E-state index in [4.69, 9.17) is 11.6 Å². The zero-order valence-electron chi connectivity index (χ0n) is 9.64. The first kappa shape index (κ1) is 14.4. The van der Waals surface area contributed by atoms with Gasteiger partial charge in [-0.15, -0.1) is 0 Å². The van der Waals surface area contributed by atoms with Gasteiger partial charge in [0.1, 0.15) is 0 Å². The normalized spacial score (nSPS) is 11.6. The summed E-state index contributed by atoms with van der Waals surface area (Å²) in [5.74, 6) is 0. The van der Waals surface area contributed by atoms with Crippen molar-refractivity contribution in [2.24, 2.45) is 0 Å². The van der Waals surface area contributed by atoms with E-state index in [-0.39, 0.29) is 0 Å². The minimum Gasteiger partial charge on any atom is -0.166 e. The van der Waals surface area contributed by atoms with Crippen molar-refractivity contribution in [3.8, 4) is 11.1 Å². The van der Waals surface area contributed by atoms with Gasteiger partial charge in [0.2, 0.25) is 0 Å². The molecule has 0 fully saturated rings. The van der Waals surface area contributed by atoms with Crippen LogP contribution in [0.3, 0.4) is 0 Å². The van der Waals surface area contributed by atoms with E-state index in [1.165, 1.54) is 6.07 Å². The van der Waals surface area contributed by atoms with Crippen LogP contribution in [-0.4, -0.2) is 0 Å². The second kappa shape index (κ2) is 5.55. The average Bonchev–Trinajstić information content (AvgIpc) is 2.38. The molecular formula is C14H9BrClF3. The smallest absolute Gasteiger partial charge is 0.166 e. The van der Waals surface area contributed by atoms with Crippen LogP contribution in [0, 0.1) is 0 Å². The van der Waals surface area contributed by atoms with Crippen LogP contribution in [-0.2, 0) is 11.5 Å². The molecule has 0 aromatic heterocycles. The second-order valence-corrected chi connectivity index (χ2v) is 4.93. The molecule has 0 aliphatic carbocycles. The fraction of sp³-hybridized carbons (Fsp3) is 0.143. The van der Waals surface area contributed by atoms with Crippen molar-refractivity contribution in [1.29, 1.82) is 0 Å². The Morgan fingerprint density at radius 3 is 2.37 bits per heavy atom. The highest BCUT2D eigenvalue weighted by molar-refractivity contribution is 9.08. The Labute approximate surface area is 122 Å². The highest BCUT2D eigenvalue weighted by Gasteiger charge is 2.30. The number of hydrogen-bond donors (Lipinski definition) is 0. The van der Waals surface area contributed by atoms with E-state index in [9.17, 15) is 13.2 Å². The molecule has 0 aliphatic heterocycles. The molecule has 0 saturated carbocycles. The van der Waals surface area contributed by atoms with Crippen molar-refractivity contribution in [3.05, 3.63) is 58.6 Å². The SMILES string of the molecule is FC(F)(F)c1cccc(-c2cccc(CBr)c2Cl)c1. The third-order valence-corrected chi connectivity index (χ3v) is 3.77. The van der Waals surface area contributed by atoms with Gasteiger partial charge < -0.3 is 0 Å². The minimum absolute atomic E-state index is 0.461. The van der Waals surface area contributed by atoms with E-state index in [0.717, 1.165) is 17.7 Å². The summed E-state index contributed by atoms with van der Waals surface area (Å²) in [4.78, 5) is 0. The highest BCUT2D eigenvalue weighted by Crippen LogP contribution is 2.35. The molecule has 100 valence electrons. The summed E-state index contributed by atoms with van der Waals surface area (Å²) in [6, 6.07) is 10.5. The Morgan fingerprint density at radius 2 is 1.74 bits per heavy atom. The molecule has 0 atom stereocenters. The number of halogens is 5. The first-order valence-corrected chi connectivity index (χ1v) is 6.94. The van der Waals surface area contributed by atoms with Crippen molar-refractivity contribution in [2.45, 2.75) is 11.5 Å². The third-order valence-electron chi connectivity index (χ3n) is 2.72. The lowest BCUT2D eigenvalue weighted by Crippen LogP contribution is -2.04. The predicted octanol–water partition coefficient (Wildman–Crippen LogP) is 5.92.